The molecular formula is C16H10Cl2F2N8O. The second kappa shape index (κ2) is 9.26. The third-order valence-electron chi connectivity index (χ3n) is 3.31. The Balaban J connectivity index is 0.000000166. The van der Waals surface area contributed by atoms with Crippen molar-refractivity contribution in [3.05, 3.63) is 71.0 Å². The van der Waals surface area contributed by atoms with Gasteiger partial charge in [-0.3, -0.25) is 13.9 Å². The van der Waals surface area contributed by atoms with E-state index >= 15 is 0 Å². The van der Waals surface area contributed by atoms with Crippen LogP contribution in [0.2, 0.25) is 10.3 Å². The van der Waals surface area contributed by atoms with Crippen molar-refractivity contribution in [3.63, 3.8) is 0 Å². The number of nitrogens with zero attached hydrogens (tertiary/aromatic N) is 8. The number of hydrogen-bond acceptors (Lipinski definition) is 7. The van der Waals surface area contributed by atoms with E-state index in [4.69, 9.17) is 23.2 Å². The minimum absolute atomic E-state index is 0.243. The van der Waals surface area contributed by atoms with Crippen LogP contribution in [-0.2, 0) is 0 Å². The van der Waals surface area contributed by atoms with Crippen LogP contribution in [0.25, 0.3) is 11.6 Å². The summed E-state index contributed by atoms with van der Waals surface area (Å²) in [6, 6.07) is 6.38. The first-order valence-electron chi connectivity index (χ1n) is 7.76. The van der Waals surface area contributed by atoms with Gasteiger partial charge < -0.3 is 0 Å². The Bertz CT molecular complexity index is 1080. The molecule has 0 radical (unpaired) electrons. The first kappa shape index (κ1) is 20.4. The van der Waals surface area contributed by atoms with Gasteiger partial charge in [-0.05, 0) is 24.3 Å². The summed E-state index contributed by atoms with van der Waals surface area (Å²) in [5.74, 6) is 0.953. The SMILES string of the molecule is FC(F)c1cn(-c2ccc(Cl)nn2)cn1.O=Cc1cn(-c2ccc(Cl)nn2)cn1. The van der Waals surface area contributed by atoms with Crippen molar-refractivity contribution in [2.24, 2.45) is 0 Å². The summed E-state index contributed by atoms with van der Waals surface area (Å²) < 4.78 is 27.4. The van der Waals surface area contributed by atoms with Crippen LogP contribution in [0.1, 0.15) is 22.6 Å². The van der Waals surface area contributed by atoms with Crippen LogP contribution < -0.4 is 0 Å². The van der Waals surface area contributed by atoms with Crippen molar-refractivity contribution in [3.8, 4) is 11.6 Å². The molecule has 13 heteroatoms. The van der Waals surface area contributed by atoms with Gasteiger partial charge in [-0.15, -0.1) is 20.4 Å². The van der Waals surface area contributed by atoms with E-state index in [0.29, 0.717) is 28.8 Å². The molecule has 148 valence electrons. The van der Waals surface area contributed by atoms with Crippen molar-refractivity contribution < 1.29 is 13.6 Å². The van der Waals surface area contributed by atoms with E-state index in [9.17, 15) is 13.6 Å². The van der Waals surface area contributed by atoms with Gasteiger partial charge in [0.25, 0.3) is 6.43 Å². The zero-order valence-electron chi connectivity index (χ0n) is 14.3. The van der Waals surface area contributed by atoms with E-state index in [0.717, 1.165) is 0 Å². The minimum Gasteiger partial charge on any atom is -0.296 e. The van der Waals surface area contributed by atoms with Gasteiger partial charge >= 0.3 is 0 Å². The maximum atomic E-state index is 12.2. The molecular weight excluding hydrogens is 429 g/mol. The van der Waals surface area contributed by atoms with E-state index in [1.165, 1.54) is 29.5 Å². The number of rotatable bonds is 4. The smallest absolute Gasteiger partial charge is 0.281 e. The highest BCUT2D eigenvalue weighted by Gasteiger charge is 2.11. The summed E-state index contributed by atoms with van der Waals surface area (Å²) in [5, 5.41) is 15.4. The molecule has 0 aliphatic heterocycles. The van der Waals surface area contributed by atoms with Crippen molar-refractivity contribution in [2.75, 3.05) is 0 Å². The molecule has 0 unspecified atom stereocenters. The van der Waals surface area contributed by atoms with Gasteiger partial charge in [0, 0.05) is 12.4 Å². The molecule has 0 N–H and O–H groups in total. The lowest BCUT2D eigenvalue weighted by Crippen LogP contribution is -1.95. The van der Waals surface area contributed by atoms with Crippen LogP contribution in [0.5, 0.6) is 0 Å². The number of carbonyl (C=O) groups is 1. The average molecular weight is 439 g/mol. The Morgan fingerprint density at radius 3 is 1.79 bits per heavy atom. The zero-order chi connectivity index (χ0) is 20.8. The lowest BCUT2D eigenvalue weighted by atomic mass is 10.5. The second-order valence-electron chi connectivity index (χ2n) is 5.26. The fraction of sp³-hybridized carbons (Fsp3) is 0.0625. The second-order valence-corrected chi connectivity index (χ2v) is 6.03. The summed E-state index contributed by atoms with van der Waals surface area (Å²) in [6.07, 6.45) is 3.57. The molecule has 0 saturated carbocycles. The molecule has 0 aliphatic carbocycles. The molecule has 0 atom stereocenters. The molecule has 4 rings (SSSR count). The number of carbonyl (C=O) groups excluding carboxylic acids is 1. The van der Waals surface area contributed by atoms with E-state index in [-0.39, 0.29) is 10.8 Å². The van der Waals surface area contributed by atoms with Gasteiger partial charge in [-0.2, -0.15) is 0 Å². The van der Waals surface area contributed by atoms with Gasteiger partial charge in [0.2, 0.25) is 0 Å². The minimum atomic E-state index is -2.59. The fourth-order valence-electron chi connectivity index (χ4n) is 1.99. The van der Waals surface area contributed by atoms with Gasteiger partial charge in [-0.1, -0.05) is 23.2 Å². The number of aldehydes is 1. The third kappa shape index (κ3) is 5.36. The van der Waals surface area contributed by atoms with Crippen LogP contribution in [0.3, 0.4) is 0 Å². The van der Waals surface area contributed by atoms with Gasteiger partial charge in [0.05, 0.1) is 0 Å². The zero-order valence-corrected chi connectivity index (χ0v) is 15.8. The number of alkyl halides is 2. The monoisotopic (exact) mass is 438 g/mol. The molecule has 4 heterocycles. The molecule has 0 aliphatic rings. The van der Waals surface area contributed by atoms with E-state index in [2.05, 4.69) is 30.4 Å². The van der Waals surface area contributed by atoms with Gasteiger partial charge in [0.15, 0.2) is 28.2 Å². The molecule has 4 aromatic heterocycles. The number of aromatic nitrogens is 8. The summed E-state index contributed by atoms with van der Waals surface area (Å²) in [4.78, 5) is 17.7. The Morgan fingerprint density at radius 2 is 1.38 bits per heavy atom. The Hall–Kier alpha value is -3.31. The summed E-state index contributed by atoms with van der Waals surface area (Å²) >= 11 is 11.1. The molecule has 0 fully saturated rings. The Labute approximate surface area is 172 Å². The molecule has 0 spiro atoms. The average Bonchev–Trinajstić information content (AvgIpc) is 3.40. The van der Waals surface area contributed by atoms with Crippen molar-refractivity contribution >= 4 is 29.5 Å². The van der Waals surface area contributed by atoms with E-state index < -0.39 is 6.43 Å². The van der Waals surface area contributed by atoms with Crippen molar-refractivity contribution in [1.82, 2.24) is 39.5 Å². The predicted octanol–water partition coefficient (Wildman–Crippen LogP) is 3.38. The highest BCUT2D eigenvalue weighted by molar-refractivity contribution is 6.29. The summed E-state index contributed by atoms with van der Waals surface area (Å²) in [7, 11) is 0. The Morgan fingerprint density at radius 1 is 0.828 bits per heavy atom. The first-order valence-corrected chi connectivity index (χ1v) is 8.52. The topological polar surface area (TPSA) is 104 Å². The highest BCUT2D eigenvalue weighted by atomic mass is 35.5. The van der Waals surface area contributed by atoms with Gasteiger partial charge in [-0.25, -0.2) is 18.7 Å². The molecule has 9 nitrogen and oxygen atoms in total. The Kier molecular flexibility index (Phi) is 6.52. The number of imidazole rings is 2. The normalized spacial score (nSPS) is 10.5. The van der Waals surface area contributed by atoms with Gasteiger partial charge in [0.1, 0.15) is 24.0 Å². The van der Waals surface area contributed by atoms with Crippen LogP contribution in [-0.4, -0.2) is 45.8 Å². The van der Waals surface area contributed by atoms with Crippen LogP contribution in [0.15, 0.2) is 49.3 Å². The maximum absolute atomic E-state index is 12.2. The summed E-state index contributed by atoms with van der Waals surface area (Å²) in [5.41, 5.74) is 0.0495. The molecule has 29 heavy (non-hydrogen) atoms. The first-order chi connectivity index (χ1) is 14.0. The lowest BCUT2D eigenvalue weighted by molar-refractivity contribution is 0.111. The van der Waals surface area contributed by atoms with Crippen LogP contribution >= 0.6 is 23.2 Å². The highest BCUT2D eigenvalue weighted by Crippen LogP contribution is 2.17. The predicted molar refractivity (Wildman–Crippen MR) is 98.7 cm³/mol. The van der Waals surface area contributed by atoms with Crippen LogP contribution in [0, 0.1) is 0 Å². The standard InChI is InChI=1S/C8H5ClF2N4.C8H5ClN4O/c9-6-1-2-7(14-13-6)15-3-5(8(10)11)12-4-15;9-7-1-2-8(12-11-7)13-3-6(4-14)10-5-13/h1-4,8H;1-5H. The largest absolute Gasteiger partial charge is 0.296 e. The fourth-order valence-corrected chi connectivity index (χ4v) is 2.20. The maximum Gasteiger partial charge on any atom is 0.281 e. The molecule has 0 amide bonds. The number of halogens is 4. The van der Waals surface area contributed by atoms with Crippen molar-refractivity contribution in [2.45, 2.75) is 6.43 Å². The summed E-state index contributed by atoms with van der Waals surface area (Å²) in [6.45, 7) is 0. The van der Waals surface area contributed by atoms with Crippen molar-refractivity contribution in [1.29, 1.82) is 0 Å². The third-order valence-corrected chi connectivity index (χ3v) is 3.72. The number of hydrogen-bond donors (Lipinski definition) is 0. The molecule has 0 saturated heterocycles. The van der Waals surface area contributed by atoms with Crippen LogP contribution in [0.4, 0.5) is 8.78 Å². The quantitative estimate of drug-likeness (QED) is 0.449. The molecule has 0 aromatic carbocycles. The van der Waals surface area contributed by atoms with E-state index in [1.807, 2.05) is 0 Å². The lowest BCUT2D eigenvalue weighted by Gasteiger charge is -1.98. The van der Waals surface area contributed by atoms with E-state index in [1.54, 1.807) is 29.0 Å². The molecule has 0 bridgehead atoms. The molecule has 4 aromatic rings.